The molecule has 15 heavy (non-hydrogen) atoms. The Labute approximate surface area is 89.1 Å². The van der Waals surface area contributed by atoms with E-state index in [9.17, 15) is 4.79 Å². The zero-order valence-electron chi connectivity index (χ0n) is 8.79. The average molecular weight is 205 g/mol. The minimum Gasteiger partial charge on any atom is -0.399 e. The van der Waals surface area contributed by atoms with Crippen LogP contribution in [-0.4, -0.2) is 24.4 Å². The summed E-state index contributed by atoms with van der Waals surface area (Å²) < 4.78 is 0. The summed E-state index contributed by atoms with van der Waals surface area (Å²) in [4.78, 5) is 13.3. The number of hydrogen-bond donors (Lipinski definition) is 2. The van der Waals surface area contributed by atoms with Crippen LogP contribution in [-0.2, 0) is 17.9 Å². The Morgan fingerprint density at radius 2 is 2.20 bits per heavy atom. The maximum absolute atomic E-state index is 11.2. The minimum atomic E-state index is 0.0516. The maximum atomic E-state index is 11.2. The lowest BCUT2D eigenvalue weighted by Crippen LogP contribution is -2.32. The summed E-state index contributed by atoms with van der Waals surface area (Å²) in [6.07, 6.45) is 0. The number of amides is 1. The van der Waals surface area contributed by atoms with Gasteiger partial charge in [-0.15, -0.1) is 0 Å². The molecule has 4 nitrogen and oxygen atoms in total. The SMILES string of the molecule is CNC(=O)CN1Cc2ccc(N)cc2C1. The highest BCUT2D eigenvalue weighted by Crippen LogP contribution is 2.24. The van der Waals surface area contributed by atoms with Gasteiger partial charge in [0.1, 0.15) is 0 Å². The first-order chi connectivity index (χ1) is 7.19. The second-order valence-corrected chi connectivity index (χ2v) is 3.85. The van der Waals surface area contributed by atoms with Crippen LogP contribution in [0, 0.1) is 0 Å². The largest absolute Gasteiger partial charge is 0.399 e. The number of carbonyl (C=O) groups is 1. The van der Waals surface area contributed by atoms with Crippen molar-refractivity contribution in [1.29, 1.82) is 0 Å². The van der Waals surface area contributed by atoms with E-state index in [1.54, 1.807) is 7.05 Å². The molecule has 0 fully saturated rings. The van der Waals surface area contributed by atoms with Crippen LogP contribution in [0.15, 0.2) is 18.2 Å². The summed E-state index contributed by atoms with van der Waals surface area (Å²) in [5.74, 6) is 0.0516. The molecule has 0 aromatic heterocycles. The van der Waals surface area contributed by atoms with Crippen LogP contribution in [0.2, 0.25) is 0 Å². The molecule has 0 radical (unpaired) electrons. The molecule has 0 spiro atoms. The predicted octanol–water partition coefficient (Wildman–Crippen LogP) is 0.330. The molecule has 0 bridgehead atoms. The Kier molecular flexibility index (Phi) is 2.60. The summed E-state index contributed by atoms with van der Waals surface area (Å²) >= 11 is 0. The van der Waals surface area contributed by atoms with Crippen molar-refractivity contribution >= 4 is 11.6 Å². The molecule has 0 saturated heterocycles. The molecule has 1 aromatic rings. The molecule has 1 aromatic carbocycles. The van der Waals surface area contributed by atoms with Crippen molar-refractivity contribution in [2.75, 3.05) is 19.3 Å². The van der Waals surface area contributed by atoms with Gasteiger partial charge in [0.05, 0.1) is 6.54 Å². The molecule has 0 aliphatic carbocycles. The standard InChI is InChI=1S/C11H15N3O/c1-13-11(15)7-14-5-8-2-3-10(12)4-9(8)6-14/h2-4H,5-7,12H2,1H3,(H,13,15). The van der Waals surface area contributed by atoms with Crippen LogP contribution in [0.5, 0.6) is 0 Å². The van der Waals surface area contributed by atoms with Crippen LogP contribution < -0.4 is 11.1 Å². The number of likely N-dealkylation sites (N-methyl/N-ethyl adjacent to an activating group) is 1. The lowest BCUT2D eigenvalue weighted by molar-refractivity contribution is -0.121. The van der Waals surface area contributed by atoms with E-state index in [1.165, 1.54) is 11.1 Å². The Morgan fingerprint density at radius 1 is 1.47 bits per heavy atom. The lowest BCUT2D eigenvalue weighted by Gasteiger charge is -2.12. The van der Waals surface area contributed by atoms with Crippen LogP contribution in [0.4, 0.5) is 5.69 Å². The van der Waals surface area contributed by atoms with E-state index in [1.807, 2.05) is 18.2 Å². The second kappa shape index (κ2) is 3.90. The van der Waals surface area contributed by atoms with Gasteiger partial charge < -0.3 is 11.1 Å². The van der Waals surface area contributed by atoms with Gasteiger partial charge in [-0.1, -0.05) is 6.07 Å². The number of nitrogens with zero attached hydrogens (tertiary/aromatic N) is 1. The molecular weight excluding hydrogens is 190 g/mol. The number of nitrogens with one attached hydrogen (secondary N) is 1. The molecule has 0 atom stereocenters. The monoisotopic (exact) mass is 205 g/mol. The van der Waals surface area contributed by atoms with E-state index in [2.05, 4.69) is 10.2 Å². The van der Waals surface area contributed by atoms with E-state index in [0.717, 1.165) is 18.8 Å². The summed E-state index contributed by atoms with van der Waals surface area (Å²) in [6.45, 7) is 2.10. The van der Waals surface area contributed by atoms with Crippen molar-refractivity contribution in [3.8, 4) is 0 Å². The van der Waals surface area contributed by atoms with Crippen molar-refractivity contribution in [3.05, 3.63) is 29.3 Å². The molecule has 0 saturated carbocycles. The molecule has 1 aliphatic rings. The van der Waals surface area contributed by atoms with Gasteiger partial charge in [0.15, 0.2) is 0 Å². The highest BCUT2D eigenvalue weighted by atomic mass is 16.1. The third-order valence-corrected chi connectivity index (χ3v) is 2.66. The van der Waals surface area contributed by atoms with E-state index < -0.39 is 0 Å². The van der Waals surface area contributed by atoms with Gasteiger partial charge in [-0.25, -0.2) is 0 Å². The lowest BCUT2D eigenvalue weighted by atomic mass is 10.1. The first-order valence-electron chi connectivity index (χ1n) is 4.99. The minimum absolute atomic E-state index is 0.0516. The van der Waals surface area contributed by atoms with Crippen molar-refractivity contribution < 1.29 is 4.79 Å². The van der Waals surface area contributed by atoms with Gasteiger partial charge >= 0.3 is 0 Å². The van der Waals surface area contributed by atoms with Gasteiger partial charge in [-0.05, 0) is 23.3 Å². The number of hydrogen-bond acceptors (Lipinski definition) is 3. The van der Waals surface area contributed by atoms with Crippen molar-refractivity contribution in [1.82, 2.24) is 10.2 Å². The Hall–Kier alpha value is -1.55. The van der Waals surface area contributed by atoms with Gasteiger partial charge in [-0.3, -0.25) is 9.69 Å². The second-order valence-electron chi connectivity index (χ2n) is 3.85. The Balaban J connectivity index is 2.06. The van der Waals surface area contributed by atoms with E-state index in [0.29, 0.717) is 6.54 Å². The summed E-state index contributed by atoms with van der Waals surface area (Å²) in [5, 5.41) is 2.62. The number of rotatable bonds is 2. The number of fused-ring (bicyclic) bond motifs is 1. The number of nitrogen functional groups attached to an aromatic ring is 1. The highest BCUT2D eigenvalue weighted by Gasteiger charge is 2.20. The fraction of sp³-hybridized carbons (Fsp3) is 0.364. The van der Waals surface area contributed by atoms with Crippen molar-refractivity contribution in [2.45, 2.75) is 13.1 Å². The van der Waals surface area contributed by atoms with Gasteiger partial charge in [-0.2, -0.15) is 0 Å². The molecule has 4 heteroatoms. The summed E-state index contributed by atoms with van der Waals surface area (Å²) in [6, 6.07) is 5.93. The number of carbonyl (C=O) groups excluding carboxylic acids is 1. The third kappa shape index (κ3) is 2.10. The van der Waals surface area contributed by atoms with Crippen molar-refractivity contribution in [2.24, 2.45) is 0 Å². The molecule has 80 valence electrons. The van der Waals surface area contributed by atoms with E-state index >= 15 is 0 Å². The summed E-state index contributed by atoms with van der Waals surface area (Å²) in [5.41, 5.74) is 9.00. The third-order valence-electron chi connectivity index (χ3n) is 2.66. The quantitative estimate of drug-likeness (QED) is 0.684. The molecule has 1 amide bonds. The fourth-order valence-electron chi connectivity index (χ4n) is 1.88. The van der Waals surface area contributed by atoms with E-state index in [4.69, 9.17) is 5.73 Å². The molecule has 3 N–H and O–H groups in total. The normalized spacial score (nSPS) is 15.0. The molecule has 1 aliphatic heterocycles. The maximum Gasteiger partial charge on any atom is 0.233 e. The number of nitrogens with two attached hydrogens (primary N) is 1. The molecular formula is C11H15N3O. The smallest absolute Gasteiger partial charge is 0.233 e. The zero-order valence-corrected chi connectivity index (χ0v) is 8.79. The highest BCUT2D eigenvalue weighted by molar-refractivity contribution is 5.77. The predicted molar refractivity (Wildman–Crippen MR) is 59.0 cm³/mol. The number of benzene rings is 1. The van der Waals surface area contributed by atoms with Crippen molar-refractivity contribution in [3.63, 3.8) is 0 Å². The van der Waals surface area contributed by atoms with Gasteiger partial charge in [0.2, 0.25) is 5.91 Å². The molecule has 0 unspecified atom stereocenters. The van der Waals surface area contributed by atoms with Gasteiger partial charge in [0.25, 0.3) is 0 Å². The summed E-state index contributed by atoms with van der Waals surface area (Å²) in [7, 11) is 1.66. The van der Waals surface area contributed by atoms with Crippen LogP contribution in [0.3, 0.4) is 0 Å². The first-order valence-corrected chi connectivity index (χ1v) is 4.99. The first kappa shape index (κ1) is 9.98. The van der Waals surface area contributed by atoms with E-state index in [-0.39, 0.29) is 5.91 Å². The number of anilines is 1. The topological polar surface area (TPSA) is 58.4 Å². The van der Waals surface area contributed by atoms with Crippen LogP contribution in [0.1, 0.15) is 11.1 Å². The Bertz CT molecular complexity index is 389. The zero-order chi connectivity index (χ0) is 10.8. The van der Waals surface area contributed by atoms with Crippen LogP contribution in [0.25, 0.3) is 0 Å². The average Bonchev–Trinajstić information content (AvgIpc) is 2.59. The van der Waals surface area contributed by atoms with Crippen LogP contribution >= 0.6 is 0 Å². The Morgan fingerprint density at radius 3 is 2.93 bits per heavy atom. The fourth-order valence-corrected chi connectivity index (χ4v) is 1.88. The molecule has 1 heterocycles. The molecule has 2 rings (SSSR count). The van der Waals surface area contributed by atoms with Gasteiger partial charge in [0, 0.05) is 25.8 Å².